The molecule has 0 saturated carbocycles. The van der Waals surface area contributed by atoms with Crippen molar-refractivity contribution < 1.29 is 14.6 Å². The van der Waals surface area contributed by atoms with E-state index in [1.165, 1.54) is 0 Å². The van der Waals surface area contributed by atoms with Crippen LogP contribution in [0.15, 0.2) is 41.4 Å². The molecule has 0 aliphatic rings. The van der Waals surface area contributed by atoms with Crippen LogP contribution in [0.1, 0.15) is 11.1 Å². The van der Waals surface area contributed by atoms with Gasteiger partial charge in [-0.2, -0.15) is 0 Å². The van der Waals surface area contributed by atoms with E-state index in [1.807, 2.05) is 18.2 Å². The Bertz CT molecular complexity index is 656. The molecule has 0 aliphatic carbocycles. The van der Waals surface area contributed by atoms with E-state index < -0.39 is 0 Å². The SMILES string of the molecule is COc1ccc(CN=Cc2cc(Cl)ccc2O)cc1OC. The smallest absolute Gasteiger partial charge is 0.161 e. The summed E-state index contributed by atoms with van der Waals surface area (Å²) in [4.78, 5) is 4.30. The van der Waals surface area contributed by atoms with Crippen LogP contribution in [0.3, 0.4) is 0 Å². The number of phenolic OH excluding ortho intramolecular Hbond substituents is 1. The number of rotatable bonds is 5. The molecule has 0 aromatic heterocycles. The molecule has 0 aliphatic heterocycles. The summed E-state index contributed by atoms with van der Waals surface area (Å²) >= 11 is 5.88. The zero-order valence-corrected chi connectivity index (χ0v) is 12.6. The van der Waals surface area contributed by atoms with Gasteiger partial charge in [0.05, 0.1) is 20.8 Å². The molecular weight excluding hydrogens is 290 g/mol. The maximum atomic E-state index is 9.70. The van der Waals surface area contributed by atoms with Crippen LogP contribution in [-0.4, -0.2) is 25.5 Å². The van der Waals surface area contributed by atoms with E-state index in [9.17, 15) is 5.11 Å². The lowest BCUT2D eigenvalue weighted by Crippen LogP contribution is -1.92. The molecular formula is C16H16ClNO3. The Morgan fingerprint density at radius 3 is 2.57 bits per heavy atom. The average Bonchev–Trinajstić information content (AvgIpc) is 2.50. The molecule has 0 heterocycles. The van der Waals surface area contributed by atoms with Gasteiger partial charge in [0.1, 0.15) is 5.75 Å². The number of benzene rings is 2. The zero-order valence-electron chi connectivity index (χ0n) is 11.8. The van der Waals surface area contributed by atoms with Gasteiger partial charge in [-0.05, 0) is 35.9 Å². The van der Waals surface area contributed by atoms with Gasteiger partial charge in [-0.25, -0.2) is 0 Å². The Labute approximate surface area is 128 Å². The molecule has 4 nitrogen and oxygen atoms in total. The third kappa shape index (κ3) is 3.89. The van der Waals surface area contributed by atoms with Crippen LogP contribution < -0.4 is 9.47 Å². The zero-order chi connectivity index (χ0) is 15.2. The van der Waals surface area contributed by atoms with Crippen LogP contribution >= 0.6 is 11.6 Å². The molecule has 0 amide bonds. The van der Waals surface area contributed by atoms with E-state index in [1.54, 1.807) is 38.6 Å². The lowest BCUT2D eigenvalue weighted by molar-refractivity contribution is 0.354. The molecule has 21 heavy (non-hydrogen) atoms. The molecule has 2 aromatic carbocycles. The third-order valence-corrected chi connectivity index (χ3v) is 3.18. The van der Waals surface area contributed by atoms with Crippen LogP contribution in [0.25, 0.3) is 0 Å². The molecule has 0 saturated heterocycles. The van der Waals surface area contributed by atoms with Crippen molar-refractivity contribution in [2.24, 2.45) is 4.99 Å². The van der Waals surface area contributed by atoms with Crippen molar-refractivity contribution in [3.05, 3.63) is 52.5 Å². The fourth-order valence-corrected chi connectivity index (χ4v) is 2.04. The molecule has 0 unspecified atom stereocenters. The number of aromatic hydroxyl groups is 1. The van der Waals surface area contributed by atoms with Gasteiger partial charge < -0.3 is 14.6 Å². The topological polar surface area (TPSA) is 51.0 Å². The standard InChI is InChI=1S/C16H16ClNO3/c1-20-15-6-3-11(7-16(15)21-2)9-18-10-12-8-13(17)4-5-14(12)19/h3-8,10,19H,9H2,1-2H3. The lowest BCUT2D eigenvalue weighted by Gasteiger charge is -2.08. The molecule has 0 fully saturated rings. The van der Waals surface area contributed by atoms with Gasteiger partial charge in [-0.15, -0.1) is 0 Å². The first-order valence-electron chi connectivity index (χ1n) is 6.33. The number of phenols is 1. The first-order chi connectivity index (χ1) is 10.1. The van der Waals surface area contributed by atoms with E-state index in [0.29, 0.717) is 28.6 Å². The van der Waals surface area contributed by atoms with Gasteiger partial charge in [-0.1, -0.05) is 17.7 Å². The van der Waals surface area contributed by atoms with Crippen molar-refractivity contribution in [1.82, 2.24) is 0 Å². The molecule has 110 valence electrons. The van der Waals surface area contributed by atoms with Gasteiger partial charge in [0.2, 0.25) is 0 Å². The molecule has 0 spiro atoms. The van der Waals surface area contributed by atoms with Crippen molar-refractivity contribution in [1.29, 1.82) is 0 Å². The highest BCUT2D eigenvalue weighted by Gasteiger charge is 2.04. The summed E-state index contributed by atoms with van der Waals surface area (Å²) < 4.78 is 10.4. The predicted molar refractivity (Wildman–Crippen MR) is 84.0 cm³/mol. The predicted octanol–water partition coefficient (Wildman–Crippen LogP) is 3.68. The second-order valence-corrected chi connectivity index (χ2v) is 4.80. The Kier molecular flexibility index (Phi) is 5.06. The number of methoxy groups -OCH3 is 2. The summed E-state index contributed by atoms with van der Waals surface area (Å²) in [5, 5.41) is 10.3. The van der Waals surface area contributed by atoms with E-state index in [2.05, 4.69) is 4.99 Å². The Morgan fingerprint density at radius 1 is 1.10 bits per heavy atom. The van der Waals surface area contributed by atoms with Crippen LogP contribution in [0.2, 0.25) is 5.02 Å². The average molecular weight is 306 g/mol. The number of hydrogen-bond donors (Lipinski definition) is 1. The van der Waals surface area contributed by atoms with E-state index in [-0.39, 0.29) is 5.75 Å². The second kappa shape index (κ2) is 6.99. The number of nitrogens with zero attached hydrogens (tertiary/aromatic N) is 1. The van der Waals surface area contributed by atoms with E-state index in [0.717, 1.165) is 5.56 Å². The quantitative estimate of drug-likeness (QED) is 0.857. The highest BCUT2D eigenvalue weighted by atomic mass is 35.5. The molecule has 0 radical (unpaired) electrons. The minimum absolute atomic E-state index is 0.149. The monoisotopic (exact) mass is 305 g/mol. The minimum Gasteiger partial charge on any atom is -0.507 e. The number of halogens is 1. The van der Waals surface area contributed by atoms with Crippen molar-refractivity contribution in [2.75, 3.05) is 14.2 Å². The summed E-state index contributed by atoms with van der Waals surface area (Å²) in [6, 6.07) is 10.4. The Morgan fingerprint density at radius 2 is 1.86 bits per heavy atom. The summed E-state index contributed by atoms with van der Waals surface area (Å²) in [6.45, 7) is 0.465. The third-order valence-electron chi connectivity index (χ3n) is 2.94. The number of hydrogen-bond acceptors (Lipinski definition) is 4. The number of ether oxygens (including phenoxy) is 2. The highest BCUT2D eigenvalue weighted by molar-refractivity contribution is 6.30. The Hall–Kier alpha value is -2.20. The summed E-state index contributed by atoms with van der Waals surface area (Å²) in [7, 11) is 3.19. The number of aliphatic imine (C=N–C) groups is 1. The van der Waals surface area contributed by atoms with Gasteiger partial charge in [0, 0.05) is 16.8 Å². The summed E-state index contributed by atoms with van der Waals surface area (Å²) in [6.07, 6.45) is 1.60. The summed E-state index contributed by atoms with van der Waals surface area (Å²) in [5.74, 6) is 1.49. The van der Waals surface area contributed by atoms with Crippen LogP contribution in [0, 0.1) is 0 Å². The molecule has 2 rings (SSSR count). The minimum atomic E-state index is 0.149. The fraction of sp³-hybridized carbons (Fsp3) is 0.188. The molecule has 0 atom stereocenters. The fourth-order valence-electron chi connectivity index (χ4n) is 1.86. The molecule has 2 aromatic rings. The maximum Gasteiger partial charge on any atom is 0.161 e. The van der Waals surface area contributed by atoms with E-state index >= 15 is 0 Å². The van der Waals surface area contributed by atoms with Crippen molar-refractivity contribution in [3.8, 4) is 17.2 Å². The van der Waals surface area contributed by atoms with Gasteiger partial charge in [0.15, 0.2) is 11.5 Å². The normalized spacial score (nSPS) is 10.8. The highest BCUT2D eigenvalue weighted by Crippen LogP contribution is 2.27. The van der Waals surface area contributed by atoms with Crippen molar-refractivity contribution in [3.63, 3.8) is 0 Å². The molecule has 0 bridgehead atoms. The molecule has 1 N–H and O–H groups in total. The second-order valence-electron chi connectivity index (χ2n) is 4.36. The van der Waals surface area contributed by atoms with Gasteiger partial charge in [0.25, 0.3) is 0 Å². The summed E-state index contributed by atoms with van der Waals surface area (Å²) in [5.41, 5.74) is 1.56. The van der Waals surface area contributed by atoms with Crippen molar-refractivity contribution in [2.45, 2.75) is 6.54 Å². The first-order valence-corrected chi connectivity index (χ1v) is 6.71. The maximum absolute atomic E-state index is 9.70. The van der Waals surface area contributed by atoms with Crippen LogP contribution in [0.5, 0.6) is 17.2 Å². The van der Waals surface area contributed by atoms with E-state index in [4.69, 9.17) is 21.1 Å². The van der Waals surface area contributed by atoms with Crippen LogP contribution in [0.4, 0.5) is 0 Å². The van der Waals surface area contributed by atoms with Gasteiger partial charge >= 0.3 is 0 Å². The van der Waals surface area contributed by atoms with Crippen LogP contribution in [-0.2, 0) is 6.54 Å². The first kappa shape index (κ1) is 15.2. The van der Waals surface area contributed by atoms with Gasteiger partial charge in [-0.3, -0.25) is 4.99 Å². The largest absolute Gasteiger partial charge is 0.507 e. The molecule has 5 heteroatoms. The van der Waals surface area contributed by atoms with Crippen molar-refractivity contribution >= 4 is 17.8 Å². The lowest BCUT2D eigenvalue weighted by atomic mass is 10.2. The Balaban J connectivity index is 2.12.